The molecule has 1 N–H and O–H groups in total. The molecule has 1 saturated carbocycles. The predicted octanol–water partition coefficient (Wildman–Crippen LogP) is 5.07. The van der Waals surface area contributed by atoms with Crippen LogP contribution in [-0.2, 0) is 4.79 Å². The molecule has 3 heterocycles. The number of aromatic nitrogens is 2. The molecule has 1 aromatic carbocycles. The van der Waals surface area contributed by atoms with Crippen LogP contribution in [0.5, 0.6) is 0 Å². The number of piperidine rings is 1. The van der Waals surface area contributed by atoms with Crippen LogP contribution in [0.2, 0.25) is 0 Å². The van der Waals surface area contributed by atoms with Gasteiger partial charge in [-0.1, -0.05) is 42.6 Å². The Hall–Kier alpha value is -3.22. The fraction of sp³-hybridized carbons (Fsp3) is 0.462. The van der Waals surface area contributed by atoms with Gasteiger partial charge in [0.15, 0.2) is 0 Å². The average Bonchev–Trinajstić information content (AvgIpc) is 3.35. The van der Waals surface area contributed by atoms with E-state index in [2.05, 4.69) is 15.5 Å². The quantitative estimate of drug-likeness (QED) is 0.604. The topological polar surface area (TPSA) is 88.3 Å². The summed E-state index contributed by atoms with van der Waals surface area (Å²) < 4.78 is 5.41. The van der Waals surface area contributed by atoms with E-state index in [1.807, 2.05) is 42.2 Å². The largest absolute Gasteiger partial charge is 0.351 e. The first-order valence-corrected chi connectivity index (χ1v) is 12.0. The number of carbonyl (C=O) groups is 2. The van der Waals surface area contributed by atoms with E-state index in [0.717, 1.165) is 67.4 Å². The summed E-state index contributed by atoms with van der Waals surface area (Å²) in [6, 6.07) is 11.3. The maximum Gasteiger partial charge on any atom is 0.294 e. The number of hydrogen-bond donors (Lipinski definition) is 1. The first kappa shape index (κ1) is 21.6. The van der Waals surface area contributed by atoms with Gasteiger partial charge in [0.1, 0.15) is 0 Å². The number of benzene rings is 1. The van der Waals surface area contributed by atoms with Gasteiger partial charge in [0, 0.05) is 42.1 Å². The van der Waals surface area contributed by atoms with Crippen LogP contribution in [0, 0.1) is 12.8 Å². The SMILES string of the molecule is Cc1ccc2cccc(NC(=O)c3cc(C4CCCN(C(=O)C5CCCCC5)C4)no3)c2n1. The van der Waals surface area contributed by atoms with Crippen molar-refractivity contribution in [3.8, 4) is 0 Å². The Morgan fingerprint density at radius 1 is 1.06 bits per heavy atom. The molecular weight excluding hydrogens is 416 g/mol. The van der Waals surface area contributed by atoms with Crippen LogP contribution in [0.15, 0.2) is 40.9 Å². The summed E-state index contributed by atoms with van der Waals surface area (Å²) in [7, 11) is 0. The Morgan fingerprint density at radius 3 is 2.76 bits per heavy atom. The summed E-state index contributed by atoms with van der Waals surface area (Å²) in [6.45, 7) is 3.38. The Labute approximate surface area is 193 Å². The standard InChI is InChI=1S/C26H30N4O3/c1-17-12-13-18-9-5-11-21(24(18)27-17)28-25(31)23-15-22(29-33-23)20-10-6-14-30(16-20)26(32)19-7-3-2-4-8-19/h5,9,11-13,15,19-20H,2-4,6-8,10,14,16H2,1H3,(H,28,31). The molecule has 2 aliphatic rings. The molecule has 172 valence electrons. The van der Waals surface area contributed by atoms with Crippen LogP contribution in [0.4, 0.5) is 5.69 Å². The summed E-state index contributed by atoms with van der Waals surface area (Å²) in [6.07, 6.45) is 7.45. The lowest BCUT2D eigenvalue weighted by atomic mass is 9.87. The minimum Gasteiger partial charge on any atom is -0.351 e. The van der Waals surface area contributed by atoms with E-state index in [4.69, 9.17) is 4.52 Å². The molecule has 0 bridgehead atoms. The molecule has 7 heteroatoms. The van der Waals surface area contributed by atoms with Gasteiger partial charge in [0.05, 0.1) is 16.9 Å². The Bertz CT molecular complexity index is 1170. The van der Waals surface area contributed by atoms with Crippen LogP contribution in [0.1, 0.15) is 72.8 Å². The number of carbonyl (C=O) groups excluding carboxylic acids is 2. The van der Waals surface area contributed by atoms with Gasteiger partial charge in [-0.15, -0.1) is 0 Å². The highest BCUT2D eigenvalue weighted by atomic mass is 16.5. The molecule has 7 nitrogen and oxygen atoms in total. The zero-order valence-corrected chi connectivity index (χ0v) is 19.0. The number of aryl methyl sites for hydroxylation is 1. The van der Waals surface area contributed by atoms with Crippen molar-refractivity contribution in [2.75, 3.05) is 18.4 Å². The molecule has 3 aromatic rings. The molecule has 2 amide bonds. The number of hydrogen-bond acceptors (Lipinski definition) is 5. The summed E-state index contributed by atoms with van der Waals surface area (Å²) in [5.41, 5.74) is 3.01. The molecule has 2 aromatic heterocycles. The van der Waals surface area contributed by atoms with Gasteiger partial charge in [-0.25, -0.2) is 0 Å². The lowest BCUT2D eigenvalue weighted by Crippen LogP contribution is -2.42. The highest BCUT2D eigenvalue weighted by Crippen LogP contribution is 2.31. The van der Waals surface area contributed by atoms with Crippen molar-refractivity contribution >= 4 is 28.4 Å². The number of nitrogens with zero attached hydrogens (tertiary/aromatic N) is 3. The summed E-state index contributed by atoms with van der Waals surface area (Å²) in [4.78, 5) is 32.4. The third-order valence-corrected chi connectivity index (χ3v) is 6.97. The molecule has 5 rings (SSSR count). The third kappa shape index (κ3) is 4.63. The highest BCUT2D eigenvalue weighted by Gasteiger charge is 2.31. The monoisotopic (exact) mass is 446 g/mol. The number of nitrogens with one attached hydrogen (secondary N) is 1. The number of para-hydroxylation sites is 1. The van der Waals surface area contributed by atoms with E-state index in [0.29, 0.717) is 18.1 Å². The zero-order valence-electron chi connectivity index (χ0n) is 19.0. The van der Waals surface area contributed by atoms with Gasteiger partial charge in [-0.3, -0.25) is 14.6 Å². The van der Waals surface area contributed by atoms with Gasteiger partial charge in [-0.2, -0.15) is 0 Å². The summed E-state index contributed by atoms with van der Waals surface area (Å²) >= 11 is 0. The second-order valence-corrected chi connectivity index (χ2v) is 9.36. The number of anilines is 1. The van der Waals surface area contributed by atoms with E-state index in [1.165, 1.54) is 6.42 Å². The molecule has 2 fully saturated rings. The van der Waals surface area contributed by atoms with Crippen LogP contribution in [0.25, 0.3) is 10.9 Å². The third-order valence-electron chi connectivity index (χ3n) is 6.97. The van der Waals surface area contributed by atoms with E-state index in [1.54, 1.807) is 6.07 Å². The van der Waals surface area contributed by atoms with Crippen molar-refractivity contribution in [1.29, 1.82) is 0 Å². The van der Waals surface area contributed by atoms with Gasteiger partial charge < -0.3 is 14.7 Å². The van der Waals surface area contributed by atoms with Crippen LogP contribution < -0.4 is 5.32 Å². The molecular formula is C26H30N4O3. The summed E-state index contributed by atoms with van der Waals surface area (Å²) in [5.74, 6) is 0.382. The molecule has 1 aliphatic carbocycles. The fourth-order valence-electron chi connectivity index (χ4n) is 5.14. The lowest BCUT2D eigenvalue weighted by Gasteiger charge is -2.35. The Balaban J connectivity index is 1.27. The van der Waals surface area contributed by atoms with Gasteiger partial charge >= 0.3 is 0 Å². The lowest BCUT2D eigenvalue weighted by molar-refractivity contribution is -0.137. The smallest absolute Gasteiger partial charge is 0.294 e. The second kappa shape index (κ2) is 9.33. The number of rotatable bonds is 4. The minimum absolute atomic E-state index is 0.0958. The maximum absolute atomic E-state index is 13.0. The normalized spacial score (nSPS) is 19.5. The van der Waals surface area contributed by atoms with Crippen molar-refractivity contribution in [3.05, 3.63) is 53.5 Å². The van der Waals surface area contributed by atoms with Gasteiger partial charge in [-0.05, 0) is 44.7 Å². The Morgan fingerprint density at radius 2 is 1.91 bits per heavy atom. The molecule has 1 atom stereocenters. The molecule has 33 heavy (non-hydrogen) atoms. The number of likely N-dealkylation sites (tertiary alicyclic amines) is 1. The van der Waals surface area contributed by atoms with Crippen LogP contribution in [0.3, 0.4) is 0 Å². The number of pyridine rings is 1. The second-order valence-electron chi connectivity index (χ2n) is 9.36. The average molecular weight is 447 g/mol. The number of amides is 2. The van der Waals surface area contributed by atoms with Crippen LogP contribution >= 0.6 is 0 Å². The van der Waals surface area contributed by atoms with Crippen molar-refractivity contribution in [3.63, 3.8) is 0 Å². The van der Waals surface area contributed by atoms with E-state index in [-0.39, 0.29) is 23.5 Å². The van der Waals surface area contributed by atoms with E-state index < -0.39 is 0 Å². The minimum atomic E-state index is -0.351. The maximum atomic E-state index is 13.0. The molecule has 0 radical (unpaired) electrons. The van der Waals surface area contributed by atoms with Crippen LogP contribution in [-0.4, -0.2) is 39.9 Å². The molecule has 1 saturated heterocycles. The van der Waals surface area contributed by atoms with Crippen molar-refractivity contribution in [1.82, 2.24) is 15.0 Å². The summed E-state index contributed by atoms with van der Waals surface area (Å²) in [5, 5.41) is 8.07. The fourth-order valence-corrected chi connectivity index (χ4v) is 5.14. The van der Waals surface area contributed by atoms with E-state index >= 15 is 0 Å². The first-order valence-electron chi connectivity index (χ1n) is 12.0. The molecule has 1 aliphatic heterocycles. The zero-order chi connectivity index (χ0) is 22.8. The predicted molar refractivity (Wildman–Crippen MR) is 126 cm³/mol. The van der Waals surface area contributed by atoms with Crippen molar-refractivity contribution < 1.29 is 14.1 Å². The number of fused-ring (bicyclic) bond motifs is 1. The van der Waals surface area contributed by atoms with Crippen molar-refractivity contribution in [2.45, 2.75) is 57.8 Å². The molecule has 1 unspecified atom stereocenters. The Kier molecular flexibility index (Phi) is 6.11. The van der Waals surface area contributed by atoms with E-state index in [9.17, 15) is 9.59 Å². The molecule has 0 spiro atoms. The highest BCUT2D eigenvalue weighted by molar-refractivity contribution is 6.06. The van der Waals surface area contributed by atoms with Gasteiger partial charge in [0.2, 0.25) is 11.7 Å². The van der Waals surface area contributed by atoms with Gasteiger partial charge in [0.25, 0.3) is 5.91 Å². The van der Waals surface area contributed by atoms with Crippen molar-refractivity contribution in [2.24, 2.45) is 5.92 Å². The first-order chi connectivity index (χ1) is 16.1.